The molecule has 1 aliphatic heterocycles. The monoisotopic (exact) mass is 365 g/mol. The van der Waals surface area contributed by atoms with Crippen LogP contribution in [-0.2, 0) is 11.8 Å². The van der Waals surface area contributed by atoms with E-state index in [9.17, 15) is 9.59 Å². The highest BCUT2D eigenvalue weighted by atomic mass is 16.3. The van der Waals surface area contributed by atoms with Gasteiger partial charge in [-0.25, -0.2) is 0 Å². The Morgan fingerprint density at radius 1 is 1.22 bits per heavy atom. The third-order valence-electron chi connectivity index (χ3n) is 4.63. The number of anilines is 2. The molecule has 0 radical (unpaired) electrons. The Morgan fingerprint density at radius 3 is 2.67 bits per heavy atom. The van der Waals surface area contributed by atoms with E-state index in [0.717, 1.165) is 5.56 Å². The number of aromatic nitrogens is 3. The van der Waals surface area contributed by atoms with Crippen LogP contribution >= 0.6 is 0 Å². The second-order valence-corrected chi connectivity index (χ2v) is 6.61. The molecule has 1 aromatic carbocycles. The number of hydrogen-bond acceptors (Lipinski definition) is 5. The van der Waals surface area contributed by atoms with Gasteiger partial charge in [0.1, 0.15) is 5.69 Å². The molecule has 0 fully saturated rings. The summed E-state index contributed by atoms with van der Waals surface area (Å²) in [5.41, 5.74) is 2.84. The first kappa shape index (κ1) is 17.0. The van der Waals surface area contributed by atoms with Crippen LogP contribution in [0.15, 0.2) is 47.2 Å². The number of aryl methyl sites for hydroxylation is 1. The predicted octanol–water partition coefficient (Wildman–Crippen LogP) is 2.48. The maximum atomic E-state index is 13.0. The molecule has 3 heterocycles. The summed E-state index contributed by atoms with van der Waals surface area (Å²) >= 11 is 0. The van der Waals surface area contributed by atoms with Crippen molar-refractivity contribution in [2.75, 3.05) is 16.3 Å². The molecule has 2 aromatic heterocycles. The summed E-state index contributed by atoms with van der Waals surface area (Å²) in [5, 5.41) is 8.10. The van der Waals surface area contributed by atoms with E-state index in [1.807, 2.05) is 25.1 Å². The molecule has 0 spiro atoms. The van der Waals surface area contributed by atoms with Gasteiger partial charge < -0.3 is 14.2 Å². The number of carbonyl (C=O) groups excluding carboxylic acids is 2. The fourth-order valence-corrected chi connectivity index (χ4v) is 3.47. The van der Waals surface area contributed by atoms with E-state index in [4.69, 9.17) is 4.42 Å². The van der Waals surface area contributed by atoms with Gasteiger partial charge in [-0.15, -0.1) is 5.10 Å². The quantitative estimate of drug-likeness (QED) is 0.696. The number of furan rings is 1. The zero-order chi connectivity index (χ0) is 19.1. The molecular formula is C19H19N5O3. The molecule has 8 heteroatoms. The number of fused-ring (bicyclic) bond motifs is 1. The highest BCUT2D eigenvalue weighted by molar-refractivity contribution is 6.09. The Labute approximate surface area is 156 Å². The number of amides is 2. The van der Waals surface area contributed by atoms with Gasteiger partial charge in [-0.05, 0) is 31.2 Å². The van der Waals surface area contributed by atoms with Crippen molar-refractivity contribution in [2.45, 2.75) is 19.9 Å². The van der Waals surface area contributed by atoms with E-state index in [1.54, 1.807) is 39.9 Å². The fraction of sp³-hybridized carbons (Fsp3) is 0.263. The smallest absolute Gasteiger partial charge is 0.294 e. The number of nitrogens with zero attached hydrogens (tertiary/aromatic N) is 5. The normalized spacial score (nSPS) is 16.3. The van der Waals surface area contributed by atoms with Crippen LogP contribution in [0.4, 0.5) is 11.4 Å². The second kappa shape index (κ2) is 6.39. The third-order valence-corrected chi connectivity index (χ3v) is 4.63. The summed E-state index contributed by atoms with van der Waals surface area (Å²) in [4.78, 5) is 28.6. The molecule has 0 saturated heterocycles. The van der Waals surface area contributed by atoms with Crippen LogP contribution in [0.1, 0.15) is 24.4 Å². The molecule has 0 bridgehead atoms. The van der Waals surface area contributed by atoms with Crippen molar-refractivity contribution in [1.29, 1.82) is 0 Å². The van der Waals surface area contributed by atoms with Crippen molar-refractivity contribution >= 4 is 23.2 Å². The Kier molecular flexibility index (Phi) is 4.02. The lowest BCUT2D eigenvalue weighted by Gasteiger charge is -2.40. The molecule has 0 aliphatic carbocycles. The summed E-state index contributed by atoms with van der Waals surface area (Å²) in [6, 6.07) is 8.75. The molecular weight excluding hydrogens is 346 g/mol. The van der Waals surface area contributed by atoms with Gasteiger partial charge in [0.15, 0.2) is 5.76 Å². The first-order valence-corrected chi connectivity index (χ1v) is 8.61. The minimum absolute atomic E-state index is 0.0684. The number of hydrogen-bond donors (Lipinski definition) is 0. The number of rotatable bonds is 2. The second-order valence-electron chi connectivity index (χ2n) is 6.61. The zero-order valence-corrected chi connectivity index (χ0v) is 15.3. The number of benzene rings is 1. The fourth-order valence-electron chi connectivity index (χ4n) is 3.47. The van der Waals surface area contributed by atoms with Crippen molar-refractivity contribution < 1.29 is 14.0 Å². The first-order valence-electron chi connectivity index (χ1n) is 8.61. The Hall–Kier alpha value is -3.42. The van der Waals surface area contributed by atoms with Gasteiger partial charge in [0.2, 0.25) is 5.91 Å². The summed E-state index contributed by atoms with van der Waals surface area (Å²) in [6.45, 7) is 3.82. The lowest BCUT2D eigenvalue weighted by Crippen LogP contribution is -2.51. The van der Waals surface area contributed by atoms with Crippen LogP contribution in [0, 0.1) is 0 Å². The highest BCUT2D eigenvalue weighted by Gasteiger charge is 2.35. The predicted molar refractivity (Wildman–Crippen MR) is 99.4 cm³/mol. The van der Waals surface area contributed by atoms with Crippen LogP contribution in [0.3, 0.4) is 0 Å². The van der Waals surface area contributed by atoms with Gasteiger partial charge in [-0.2, -0.15) is 0 Å². The number of carbonyl (C=O) groups is 2. The van der Waals surface area contributed by atoms with Gasteiger partial charge in [-0.1, -0.05) is 11.3 Å². The largest absolute Gasteiger partial charge is 0.459 e. The molecule has 4 rings (SSSR count). The summed E-state index contributed by atoms with van der Waals surface area (Å²) < 4.78 is 6.91. The molecule has 0 saturated carbocycles. The van der Waals surface area contributed by atoms with Gasteiger partial charge in [-0.3, -0.25) is 14.3 Å². The van der Waals surface area contributed by atoms with Crippen LogP contribution in [0.5, 0.6) is 0 Å². The maximum Gasteiger partial charge on any atom is 0.294 e. The molecule has 3 aromatic rings. The Morgan fingerprint density at radius 2 is 2.04 bits per heavy atom. The Bertz CT molecular complexity index is 1010. The molecule has 8 nitrogen and oxygen atoms in total. The van der Waals surface area contributed by atoms with E-state index in [1.165, 1.54) is 13.2 Å². The average molecular weight is 365 g/mol. The molecule has 0 unspecified atom stereocenters. The first-order chi connectivity index (χ1) is 13.0. The van der Waals surface area contributed by atoms with E-state index in [-0.39, 0.29) is 23.6 Å². The summed E-state index contributed by atoms with van der Waals surface area (Å²) in [5.74, 6) is -0.0528. The van der Waals surface area contributed by atoms with E-state index >= 15 is 0 Å². The molecule has 2 amide bonds. The van der Waals surface area contributed by atoms with Crippen LogP contribution in [0.25, 0.3) is 11.3 Å². The van der Waals surface area contributed by atoms with E-state index in [0.29, 0.717) is 23.6 Å². The minimum Gasteiger partial charge on any atom is -0.459 e. The lowest BCUT2D eigenvalue weighted by atomic mass is 10.0. The lowest BCUT2D eigenvalue weighted by molar-refractivity contribution is -0.117. The van der Waals surface area contributed by atoms with Crippen LogP contribution < -0.4 is 9.80 Å². The van der Waals surface area contributed by atoms with Gasteiger partial charge >= 0.3 is 0 Å². The summed E-state index contributed by atoms with van der Waals surface area (Å²) in [6.07, 6.45) is 3.27. The average Bonchev–Trinajstić information content (AvgIpc) is 3.31. The van der Waals surface area contributed by atoms with Gasteiger partial charge in [0.25, 0.3) is 5.91 Å². The van der Waals surface area contributed by atoms with Crippen molar-refractivity contribution in [2.24, 2.45) is 7.05 Å². The minimum atomic E-state index is -0.243. The maximum absolute atomic E-state index is 13.0. The Balaban J connectivity index is 1.85. The van der Waals surface area contributed by atoms with Crippen LogP contribution in [0.2, 0.25) is 0 Å². The molecule has 27 heavy (non-hydrogen) atoms. The standard InChI is InChI=1S/C19H19N5O3/c1-12-10-23(19(26)18-5-4-8-27-18)17-9-14(15-11-22(3)21-20-15)6-7-16(17)24(12)13(2)25/h4-9,11-12H,10H2,1-3H3/t12-/m0/s1. The highest BCUT2D eigenvalue weighted by Crippen LogP contribution is 2.39. The molecule has 0 N–H and O–H groups in total. The van der Waals surface area contributed by atoms with E-state index in [2.05, 4.69) is 10.3 Å². The van der Waals surface area contributed by atoms with E-state index < -0.39 is 0 Å². The van der Waals surface area contributed by atoms with Crippen molar-refractivity contribution in [1.82, 2.24) is 15.0 Å². The van der Waals surface area contributed by atoms with Crippen molar-refractivity contribution in [3.05, 3.63) is 48.6 Å². The van der Waals surface area contributed by atoms with Crippen molar-refractivity contribution in [3.8, 4) is 11.3 Å². The summed E-state index contributed by atoms with van der Waals surface area (Å²) in [7, 11) is 1.79. The van der Waals surface area contributed by atoms with Crippen LogP contribution in [-0.4, -0.2) is 39.4 Å². The van der Waals surface area contributed by atoms with Gasteiger partial charge in [0.05, 0.1) is 29.9 Å². The third kappa shape index (κ3) is 2.88. The SMILES string of the molecule is CC(=O)N1c2ccc(-c3cn(C)nn3)cc2N(C(=O)c2ccco2)C[C@@H]1C. The topological polar surface area (TPSA) is 84.5 Å². The van der Waals surface area contributed by atoms with Crippen molar-refractivity contribution in [3.63, 3.8) is 0 Å². The van der Waals surface area contributed by atoms with Gasteiger partial charge in [0, 0.05) is 26.1 Å². The molecule has 138 valence electrons. The zero-order valence-electron chi connectivity index (χ0n) is 15.3. The molecule has 1 aliphatic rings. The molecule has 1 atom stereocenters.